The van der Waals surface area contributed by atoms with Gasteiger partial charge >= 0.3 is 5.97 Å². The highest BCUT2D eigenvalue weighted by molar-refractivity contribution is 5.96. The molecule has 0 saturated carbocycles. The molecule has 16 heavy (non-hydrogen) atoms. The van der Waals surface area contributed by atoms with Crippen LogP contribution in [0.4, 0.5) is 0 Å². The largest absolute Gasteiger partial charge is 0.477 e. The molecule has 0 bridgehead atoms. The van der Waals surface area contributed by atoms with Gasteiger partial charge < -0.3 is 16.2 Å². The molecule has 0 atom stereocenters. The molecular formula is C10H13N3O3. The molecule has 1 aromatic heterocycles. The van der Waals surface area contributed by atoms with E-state index in [4.69, 9.17) is 10.8 Å². The number of nitrogens with one attached hydrogen (secondary N) is 1. The minimum absolute atomic E-state index is 0.147. The molecular weight excluding hydrogens is 210 g/mol. The van der Waals surface area contributed by atoms with E-state index in [0.29, 0.717) is 19.5 Å². The van der Waals surface area contributed by atoms with Crippen molar-refractivity contribution in [3.8, 4) is 0 Å². The van der Waals surface area contributed by atoms with E-state index in [0.717, 1.165) is 0 Å². The highest BCUT2D eigenvalue weighted by atomic mass is 16.4. The minimum Gasteiger partial charge on any atom is -0.477 e. The first-order valence-electron chi connectivity index (χ1n) is 4.82. The maximum atomic E-state index is 11.5. The van der Waals surface area contributed by atoms with Crippen molar-refractivity contribution >= 4 is 11.9 Å². The van der Waals surface area contributed by atoms with Gasteiger partial charge in [0.1, 0.15) is 5.69 Å². The van der Waals surface area contributed by atoms with Crippen molar-refractivity contribution in [3.63, 3.8) is 0 Å². The lowest BCUT2D eigenvalue weighted by Crippen LogP contribution is -2.26. The summed E-state index contributed by atoms with van der Waals surface area (Å²) in [6, 6.07) is 2.70. The number of hydrogen-bond acceptors (Lipinski definition) is 4. The number of carbonyl (C=O) groups excluding carboxylic acids is 1. The van der Waals surface area contributed by atoms with E-state index in [2.05, 4.69) is 10.3 Å². The van der Waals surface area contributed by atoms with E-state index in [1.165, 1.54) is 18.3 Å². The van der Waals surface area contributed by atoms with Gasteiger partial charge in [0, 0.05) is 18.3 Å². The molecule has 0 aliphatic heterocycles. The van der Waals surface area contributed by atoms with Crippen LogP contribution in [-0.2, 0) is 0 Å². The van der Waals surface area contributed by atoms with Crippen LogP contribution >= 0.6 is 0 Å². The summed E-state index contributed by atoms with van der Waals surface area (Å²) in [5, 5.41) is 11.3. The zero-order valence-corrected chi connectivity index (χ0v) is 8.64. The highest BCUT2D eigenvalue weighted by Gasteiger charge is 2.09. The monoisotopic (exact) mass is 223 g/mol. The summed E-state index contributed by atoms with van der Waals surface area (Å²) in [5.41, 5.74) is 5.41. The van der Waals surface area contributed by atoms with E-state index in [-0.39, 0.29) is 17.2 Å². The summed E-state index contributed by atoms with van der Waals surface area (Å²) in [6.07, 6.45) is 1.98. The topological polar surface area (TPSA) is 105 Å². The normalized spacial score (nSPS) is 9.81. The first-order chi connectivity index (χ1) is 7.65. The summed E-state index contributed by atoms with van der Waals surface area (Å²) in [4.78, 5) is 25.8. The van der Waals surface area contributed by atoms with Crippen LogP contribution in [0, 0.1) is 0 Å². The Balaban J connectivity index is 2.68. The molecule has 1 amide bonds. The number of nitrogens with two attached hydrogens (primary N) is 1. The summed E-state index contributed by atoms with van der Waals surface area (Å²) in [6.45, 7) is 0.969. The predicted molar refractivity (Wildman–Crippen MR) is 57.2 cm³/mol. The van der Waals surface area contributed by atoms with Crippen molar-refractivity contribution in [1.29, 1.82) is 0 Å². The number of nitrogens with zero attached hydrogens (tertiary/aromatic N) is 1. The van der Waals surface area contributed by atoms with Crippen molar-refractivity contribution in [1.82, 2.24) is 10.3 Å². The van der Waals surface area contributed by atoms with Gasteiger partial charge in [0.25, 0.3) is 5.91 Å². The minimum atomic E-state index is -1.16. The Bertz CT molecular complexity index is 393. The van der Waals surface area contributed by atoms with Crippen molar-refractivity contribution in [2.75, 3.05) is 13.1 Å². The van der Waals surface area contributed by atoms with Crippen LogP contribution in [0.2, 0.25) is 0 Å². The Hall–Kier alpha value is -1.95. The lowest BCUT2D eigenvalue weighted by molar-refractivity contribution is 0.0690. The lowest BCUT2D eigenvalue weighted by Gasteiger charge is -2.04. The Kier molecular flexibility index (Phi) is 4.41. The summed E-state index contributed by atoms with van der Waals surface area (Å²) >= 11 is 0. The average Bonchev–Trinajstić information content (AvgIpc) is 2.29. The van der Waals surface area contributed by atoms with E-state index >= 15 is 0 Å². The van der Waals surface area contributed by atoms with Crippen molar-refractivity contribution in [2.24, 2.45) is 5.73 Å². The summed E-state index contributed by atoms with van der Waals surface area (Å²) in [5.74, 6) is -1.48. The molecule has 1 heterocycles. The number of amides is 1. The molecule has 6 heteroatoms. The van der Waals surface area contributed by atoms with Crippen LogP contribution in [0.1, 0.15) is 27.3 Å². The number of carbonyl (C=O) groups is 2. The van der Waals surface area contributed by atoms with E-state index in [1.807, 2.05) is 0 Å². The lowest BCUT2D eigenvalue weighted by atomic mass is 10.2. The third-order valence-corrected chi connectivity index (χ3v) is 1.91. The molecule has 0 aliphatic rings. The van der Waals surface area contributed by atoms with Crippen molar-refractivity contribution in [2.45, 2.75) is 6.42 Å². The van der Waals surface area contributed by atoms with Gasteiger partial charge in [-0.05, 0) is 25.1 Å². The average molecular weight is 223 g/mol. The number of carboxylic acid groups (broad SMARTS) is 1. The molecule has 0 aliphatic carbocycles. The van der Waals surface area contributed by atoms with Crippen LogP contribution in [0.3, 0.4) is 0 Å². The Labute approximate surface area is 92.5 Å². The maximum absolute atomic E-state index is 11.5. The summed E-state index contributed by atoms with van der Waals surface area (Å²) in [7, 11) is 0. The molecule has 0 unspecified atom stereocenters. The van der Waals surface area contributed by atoms with Gasteiger partial charge in [-0.15, -0.1) is 0 Å². The molecule has 0 spiro atoms. The van der Waals surface area contributed by atoms with Crippen LogP contribution in [-0.4, -0.2) is 35.1 Å². The maximum Gasteiger partial charge on any atom is 0.354 e. The first-order valence-corrected chi connectivity index (χ1v) is 4.82. The fourth-order valence-electron chi connectivity index (χ4n) is 1.09. The Morgan fingerprint density at radius 1 is 1.50 bits per heavy atom. The predicted octanol–water partition coefficient (Wildman–Crippen LogP) is -0.142. The van der Waals surface area contributed by atoms with Gasteiger partial charge in [-0.3, -0.25) is 4.79 Å². The number of hydrogen-bond donors (Lipinski definition) is 3. The van der Waals surface area contributed by atoms with Gasteiger partial charge in [-0.25, -0.2) is 9.78 Å². The van der Waals surface area contributed by atoms with Gasteiger partial charge in [0.2, 0.25) is 0 Å². The quantitative estimate of drug-likeness (QED) is 0.602. The van der Waals surface area contributed by atoms with Gasteiger partial charge in [-0.2, -0.15) is 0 Å². The molecule has 6 nitrogen and oxygen atoms in total. The standard InChI is InChI=1S/C10H13N3O3/c11-3-1-4-13-9(14)7-2-5-12-8(6-7)10(15)16/h2,5-6H,1,3-4,11H2,(H,13,14)(H,15,16). The van der Waals surface area contributed by atoms with Crippen molar-refractivity contribution < 1.29 is 14.7 Å². The number of aromatic nitrogens is 1. The molecule has 0 aromatic carbocycles. The Morgan fingerprint density at radius 3 is 2.88 bits per heavy atom. The van der Waals surface area contributed by atoms with Crippen molar-refractivity contribution in [3.05, 3.63) is 29.6 Å². The van der Waals surface area contributed by atoms with Crippen LogP contribution in [0.25, 0.3) is 0 Å². The molecule has 0 radical (unpaired) electrons. The van der Waals surface area contributed by atoms with Gasteiger partial charge in [0.15, 0.2) is 0 Å². The fraction of sp³-hybridized carbons (Fsp3) is 0.300. The molecule has 1 aromatic rings. The molecule has 0 saturated heterocycles. The van der Waals surface area contributed by atoms with Crippen LogP contribution < -0.4 is 11.1 Å². The highest BCUT2D eigenvalue weighted by Crippen LogP contribution is 2.01. The molecule has 4 N–H and O–H groups in total. The second-order valence-corrected chi connectivity index (χ2v) is 3.13. The SMILES string of the molecule is NCCCNC(=O)c1ccnc(C(=O)O)c1. The van der Waals surface area contributed by atoms with Crippen LogP contribution in [0.15, 0.2) is 18.3 Å². The molecule has 1 rings (SSSR count). The van der Waals surface area contributed by atoms with E-state index in [1.54, 1.807) is 0 Å². The number of rotatable bonds is 5. The number of carboxylic acids is 1. The number of pyridine rings is 1. The smallest absolute Gasteiger partial charge is 0.354 e. The van der Waals surface area contributed by atoms with E-state index in [9.17, 15) is 9.59 Å². The third kappa shape index (κ3) is 3.32. The second-order valence-electron chi connectivity index (χ2n) is 3.13. The molecule has 86 valence electrons. The first kappa shape index (κ1) is 12.1. The van der Waals surface area contributed by atoms with Gasteiger partial charge in [-0.1, -0.05) is 0 Å². The zero-order chi connectivity index (χ0) is 12.0. The van der Waals surface area contributed by atoms with E-state index < -0.39 is 5.97 Å². The van der Waals surface area contributed by atoms with Crippen LogP contribution in [0.5, 0.6) is 0 Å². The Morgan fingerprint density at radius 2 is 2.25 bits per heavy atom. The van der Waals surface area contributed by atoms with Gasteiger partial charge in [0.05, 0.1) is 0 Å². The third-order valence-electron chi connectivity index (χ3n) is 1.91. The summed E-state index contributed by atoms with van der Waals surface area (Å²) < 4.78 is 0. The zero-order valence-electron chi connectivity index (χ0n) is 8.64. The second kappa shape index (κ2) is 5.82. The fourth-order valence-corrected chi connectivity index (χ4v) is 1.09. The molecule has 0 fully saturated rings. The number of aromatic carboxylic acids is 1.